The van der Waals surface area contributed by atoms with Crippen LogP contribution in [0.5, 0.6) is 11.5 Å². The van der Waals surface area contributed by atoms with E-state index in [2.05, 4.69) is 0 Å². The molecule has 2 aromatic carbocycles. The van der Waals surface area contributed by atoms with Gasteiger partial charge in [-0.25, -0.2) is 10.3 Å². The summed E-state index contributed by atoms with van der Waals surface area (Å²) in [5.74, 6) is 0.422. The molecule has 1 unspecified atom stereocenters. The number of likely N-dealkylation sites (tertiary alicyclic amines) is 1. The second-order valence-electron chi connectivity index (χ2n) is 11.0. The Labute approximate surface area is 221 Å². The van der Waals surface area contributed by atoms with E-state index in [0.29, 0.717) is 50.5 Å². The summed E-state index contributed by atoms with van der Waals surface area (Å²) in [6.07, 6.45) is 0.0556. The van der Waals surface area contributed by atoms with Crippen LogP contribution in [0.1, 0.15) is 55.1 Å². The molecule has 10 heteroatoms. The molecule has 0 aliphatic carbocycles. The van der Waals surface area contributed by atoms with Crippen molar-refractivity contribution < 1.29 is 33.8 Å². The highest BCUT2D eigenvalue weighted by molar-refractivity contribution is 5.94. The zero-order valence-electron chi connectivity index (χ0n) is 21.9. The number of nitrogens with zero attached hydrogens (tertiary/aromatic N) is 2. The molecular weight excluding hydrogens is 490 g/mol. The fraction of sp³-hybridized carbons (Fsp3) is 0.464. The molecule has 1 spiro atoms. The van der Waals surface area contributed by atoms with E-state index in [9.17, 15) is 14.4 Å². The third-order valence-corrected chi connectivity index (χ3v) is 7.42. The number of para-hydroxylation sites is 1. The summed E-state index contributed by atoms with van der Waals surface area (Å²) in [6.45, 7) is 7.35. The Balaban J connectivity index is 1.38. The number of benzene rings is 2. The first-order valence-electron chi connectivity index (χ1n) is 12.8. The average Bonchev–Trinajstić information content (AvgIpc) is 3.05. The van der Waals surface area contributed by atoms with E-state index in [0.717, 1.165) is 11.1 Å². The number of hydrogen-bond donors (Lipinski definition) is 2. The third kappa shape index (κ3) is 4.76. The zero-order chi connectivity index (χ0) is 27.1. The van der Waals surface area contributed by atoms with Crippen molar-refractivity contribution in [3.05, 3.63) is 59.2 Å². The zero-order valence-corrected chi connectivity index (χ0v) is 21.9. The number of ether oxygens (including phenoxy) is 3. The number of amides is 3. The number of piperidine rings is 1. The second-order valence-corrected chi connectivity index (χ2v) is 11.0. The fourth-order valence-corrected chi connectivity index (χ4v) is 5.52. The molecule has 0 radical (unpaired) electrons. The van der Waals surface area contributed by atoms with Gasteiger partial charge in [-0.2, -0.15) is 0 Å². The van der Waals surface area contributed by atoms with E-state index < -0.39 is 23.0 Å². The lowest BCUT2D eigenvalue weighted by molar-refractivity contribution is -0.142. The predicted octanol–water partition coefficient (Wildman–Crippen LogP) is 3.26. The fourth-order valence-electron chi connectivity index (χ4n) is 5.52. The molecule has 10 nitrogen and oxygen atoms in total. The minimum absolute atomic E-state index is 0.138. The smallest absolute Gasteiger partial charge is 0.410 e. The molecule has 0 saturated carbocycles. The molecule has 3 aliphatic rings. The van der Waals surface area contributed by atoms with Crippen LogP contribution >= 0.6 is 0 Å². The van der Waals surface area contributed by atoms with E-state index in [-0.39, 0.29) is 24.2 Å². The first-order valence-corrected chi connectivity index (χ1v) is 12.8. The summed E-state index contributed by atoms with van der Waals surface area (Å²) in [7, 11) is 0. The quantitative estimate of drug-likeness (QED) is 0.458. The highest BCUT2D eigenvalue weighted by atomic mass is 16.6. The first-order chi connectivity index (χ1) is 18.1. The molecule has 1 atom stereocenters. The largest absolute Gasteiger partial charge is 0.491 e. The van der Waals surface area contributed by atoms with Gasteiger partial charge in [0.2, 0.25) is 0 Å². The summed E-state index contributed by atoms with van der Waals surface area (Å²) in [6, 6.07) is 12.6. The predicted molar refractivity (Wildman–Crippen MR) is 136 cm³/mol. The van der Waals surface area contributed by atoms with Crippen LogP contribution in [0.4, 0.5) is 4.79 Å². The topological polar surface area (TPSA) is 118 Å². The van der Waals surface area contributed by atoms with Crippen molar-refractivity contribution in [2.45, 2.75) is 57.3 Å². The molecule has 0 bridgehead atoms. The van der Waals surface area contributed by atoms with E-state index in [1.54, 1.807) is 33.5 Å². The van der Waals surface area contributed by atoms with Gasteiger partial charge in [-0.15, -0.1) is 0 Å². The van der Waals surface area contributed by atoms with Crippen LogP contribution in [-0.2, 0) is 21.5 Å². The molecule has 2 aromatic rings. The van der Waals surface area contributed by atoms with Gasteiger partial charge in [-0.1, -0.05) is 24.3 Å². The van der Waals surface area contributed by atoms with Crippen LogP contribution in [0.15, 0.2) is 42.5 Å². The summed E-state index contributed by atoms with van der Waals surface area (Å²) in [5.41, 5.74) is 2.49. The molecule has 1 saturated heterocycles. The third-order valence-electron chi connectivity index (χ3n) is 7.42. The van der Waals surface area contributed by atoms with E-state index in [4.69, 9.17) is 19.4 Å². The minimum atomic E-state index is -0.735. The standard InChI is InChI=1S/C28H33N3O7/c1-27(2,3)38-26(34)30-12-10-28(11-13-30)20-6-4-5-7-21(20)37-23(28)25(33)31-14-15-36-22-16-18(24(32)29-35)8-9-19(22)17-31/h4-9,16,23,35H,10-15,17H2,1-3H3,(H,29,32). The van der Waals surface area contributed by atoms with Crippen LogP contribution < -0.4 is 15.0 Å². The minimum Gasteiger partial charge on any atom is -0.491 e. The Morgan fingerprint density at radius 1 is 1.03 bits per heavy atom. The molecule has 3 amide bonds. The van der Waals surface area contributed by atoms with Crippen molar-refractivity contribution in [2.24, 2.45) is 0 Å². The van der Waals surface area contributed by atoms with Crippen molar-refractivity contribution >= 4 is 17.9 Å². The number of carbonyl (C=O) groups excluding carboxylic acids is 3. The number of hydrogen-bond acceptors (Lipinski definition) is 7. The van der Waals surface area contributed by atoms with Crippen LogP contribution in [-0.4, -0.2) is 70.9 Å². The Morgan fingerprint density at radius 2 is 1.76 bits per heavy atom. The van der Waals surface area contributed by atoms with Crippen molar-refractivity contribution in [3.63, 3.8) is 0 Å². The van der Waals surface area contributed by atoms with Gasteiger partial charge in [0, 0.05) is 41.7 Å². The van der Waals surface area contributed by atoms with Gasteiger partial charge in [-0.3, -0.25) is 14.8 Å². The highest BCUT2D eigenvalue weighted by Crippen LogP contribution is 2.50. The van der Waals surface area contributed by atoms with E-state index >= 15 is 0 Å². The summed E-state index contributed by atoms with van der Waals surface area (Å²) >= 11 is 0. The van der Waals surface area contributed by atoms with Crippen molar-refractivity contribution in [3.8, 4) is 11.5 Å². The van der Waals surface area contributed by atoms with Gasteiger partial charge in [-0.05, 0) is 51.8 Å². The van der Waals surface area contributed by atoms with Gasteiger partial charge in [0.25, 0.3) is 11.8 Å². The number of hydroxylamine groups is 1. The lowest BCUT2D eigenvalue weighted by Crippen LogP contribution is -2.56. The van der Waals surface area contributed by atoms with Crippen LogP contribution in [0.2, 0.25) is 0 Å². The molecule has 3 aliphatic heterocycles. The lowest BCUT2D eigenvalue weighted by Gasteiger charge is -2.42. The molecule has 38 heavy (non-hydrogen) atoms. The van der Waals surface area contributed by atoms with Gasteiger partial charge < -0.3 is 24.0 Å². The SMILES string of the molecule is CC(C)(C)OC(=O)N1CCC2(CC1)c1ccccc1OC2C(=O)N1CCOc2cc(C(=O)NO)ccc2C1. The van der Waals surface area contributed by atoms with Crippen molar-refractivity contribution in [1.82, 2.24) is 15.3 Å². The molecule has 5 rings (SSSR count). The van der Waals surface area contributed by atoms with Gasteiger partial charge in [0.15, 0.2) is 6.10 Å². The Bertz CT molecular complexity index is 1250. The summed E-state index contributed by atoms with van der Waals surface area (Å²) < 4.78 is 17.8. The number of rotatable bonds is 2. The van der Waals surface area contributed by atoms with Crippen LogP contribution in [0, 0.1) is 0 Å². The van der Waals surface area contributed by atoms with Crippen molar-refractivity contribution in [2.75, 3.05) is 26.2 Å². The van der Waals surface area contributed by atoms with Crippen molar-refractivity contribution in [1.29, 1.82) is 0 Å². The average molecular weight is 524 g/mol. The van der Waals surface area contributed by atoms with E-state index in [1.165, 1.54) is 0 Å². The maximum Gasteiger partial charge on any atom is 0.410 e. The highest BCUT2D eigenvalue weighted by Gasteiger charge is 2.55. The Hall–Kier alpha value is -3.79. The molecule has 202 valence electrons. The molecule has 3 heterocycles. The summed E-state index contributed by atoms with van der Waals surface area (Å²) in [5, 5.41) is 8.94. The molecular formula is C28H33N3O7. The Kier molecular flexibility index (Phi) is 6.68. The van der Waals surface area contributed by atoms with E-state index in [1.807, 2.05) is 45.0 Å². The lowest BCUT2D eigenvalue weighted by atomic mass is 9.69. The first kappa shape index (κ1) is 25.8. The normalized spacial score (nSPS) is 19.9. The van der Waals surface area contributed by atoms with Crippen LogP contribution in [0.3, 0.4) is 0 Å². The molecule has 0 aromatic heterocycles. The number of nitrogens with one attached hydrogen (secondary N) is 1. The van der Waals surface area contributed by atoms with Crippen LogP contribution in [0.25, 0.3) is 0 Å². The monoisotopic (exact) mass is 523 g/mol. The number of fused-ring (bicyclic) bond motifs is 3. The maximum atomic E-state index is 14.1. The Morgan fingerprint density at radius 3 is 2.47 bits per heavy atom. The molecule has 2 N–H and O–H groups in total. The van der Waals surface area contributed by atoms with Gasteiger partial charge in [0.1, 0.15) is 23.7 Å². The molecule has 1 fully saturated rings. The second kappa shape index (κ2) is 9.83. The van der Waals surface area contributed by atoms with Gasteiger partial charge in [0.05, 0.1) is 6.54 Å². The van der Waals surface area contributed by atoms with Gasteiger partial charge >= 0.3 is 6.09 Å². The number of carbonyl (C=O) groups is 3. The maximum absolute atomic E-state index is 14.1. The summed E-state index contributed by atoms with van der Waals surface area (Å²) in [4.78, 5) is 42.0.